The fraction of sp³-hybridized carbons (Fsp3) is 0.478. The maximum absolute atomic E-state index is 12.9. The molecule has 1 atom stereocenters. The molecule has 3 heterocycles. The molecule has 0 saturated carbocycles. The van der Waals surface area contributed by atoms with Crippen LogP contribution < -0.4 is 10.1 Å². The number of methoxy groups -OCH3 is 1. The molecule has 0 radical (unpaired) electrons. The molecule has 1 aromatic carbocycles. The van der Waals surface area contributed by atoms with Crippen molar-refractivity contribution in [1.82, 2.24) is 15.4 Å². The summed E-state index contributed by atoms with van der Waals surface area (Å²) in [5.41, 5.74) is 1.14. The van der Waals surface area contributed by atoms with Gasteiger partial charge in [-0.25, -0.2) is 0 Å². The standard InChI is InChI=1S/C23H29N3O4/c1-15(2)19-11-17(30-25-19)12-23(22(27)24-3)8-9-26(14-23)13-18-10-16-6-5-7-20(28-4)21(16)29-18/h5-7,10-11,15H,8-9,12-14H2,1-4H3,(H,24,27)/t23-/m1/s1. The van der Waals surface area contributed by atoms with E-state index in [1.165, 1.54) is 0 Å². The molecular formula is C23H29N3O4. The minimum Gasteiger partial charge on any atom is -0.493 e. The van der Waals surface area contributed by atoms with Crippen LogP contribution in [-0.2, 0) is 17.8 Å². The van der Waals surface area contributed by atoms with Crippen LogP contribution in [0.15, 0.2) is 39.3 Å². The third kappa shape index (κ3) is 3.81. The first-order valence-electron chi connectivity index (χ1n) is 10.4. The Hall–Kier alpha value is -2.80. The van der Waals surface area contributed by atoms with Gasteiger partial charge in [-0.15, -0.1) is 0 Å². The maximum Gasteiger partial charge on any atom is 0.227 e. The highest BCUT2D eigenvalue weighted by molar-refractivity contribution is 5.84. The van der Waals surface area contributed by atoms with E-state index in [0.29, 0.717) is 25.4 Å². The number of benzene rings is 1. The van der Waals surface area contributed by atoms with Crippen molar-refractivity contribution in [3.63, 3.8) is 0 Å². The van der Waals surface area contributed by atoms with Crippen LogP contribution in [-0.4, -0.2) is 43.2 Å². The molecule has 160 valence electrons. The van der Waals surface area contributed by atoms with E-state index >= 15 is 0 Å². The van der Waals surface area contributed by atoms with Crippen LogP contribution in [0.5, 0.6) is 5.75 Å². The zero-order chi connectivity index (χ0) is 21.3. The number of fused-ring (bicyclic) bond motifs is 1. The Labute approximate surface area is 176 Å². The molecule has 0 aliphatic carbocycles. The number of furan rings is 1. The molecule has 30 heavy (non-hydrogen) atoms. The summed E-state index contributed by atoms with van der Waals surface area (Å²) in [6, 6.07) is 9.88. The van der Waals surface area contributed by atoms with E-state index in [2.05, 4.69) is 29.2 Å². The fourth-order valence-electron chi connectivity index (χ4n) is 4.33. The van der Waals surface area contributed by atoms with Gasteiger partial charge in [0.2, 0.25) is 5.91 Å². The van der Waals surface area contributed by atoms with Gasteiger partial charge in [0.25, 0.3) is 0 Å². The lowest BCUT2D eigenvalue weighted by atomic mass is 9.81. The van der Waals surface area contributed by atoms with Crippen LogP contribution in [0.2, 0.25) is 0 Å². The number of nitrogens with zero attached hydrogens (tertiary/aromatic N) is 2. The van der Waals surface area contributed by atoms with Crippen molar-refractivity contribution in [3.05, 3.63) is 47.5 Å². The topological polar surface area (TPSA) is 80.7 Å². The minimum atomic E-state index is -0.535. The van der Waals surface area contributed by atoms with E-state index in [1.54, 1.807) is 14.2 Å². The largest absolute Gasteiger partial charge is 0.493 e. The van der Waals surface area contributed by atoms with Gasteiger partial charge >= 0.3 is 0 Å². The van der Waals surface area contributed by atoms with Crippen LogP contribution in [0.4, 0.5) is 0 Å². The number of aromatic nitrogens is 1. The van der Waals surface area contributed by atoms with Crippen molar-refractivity contribution in [1.29, 1.82) is 0 Å². The summed E-state index contributed by atoms with van der Waals surface area (Å²) < 4.78 is 17.0. The number of nitrogens with one attached hydrogen (secondary N) is 1. The van der Waals surface area contributed by atoms with E-state index in [-0.39, 0.29) is 5.91 Å². The lowest BCUT2D eigenvalue weighted by molar-refractivity contribution is -0.130. The SMILES string of the molecule is CNC(=O)[C@@]1(Cc2cc(C(C)C)no2)CCN(Cc2cc3cccc(OC)c3o2)C1. The highest BCUT2D eigenvalue weighted by Crippen LogP contribution is 2.37. The predicted octanol–water partition coefficient (Wildman–Crippen LogP) is 3.73. The van der Waals surface area contributed by atoms with Crippen molar-refractivity contribution in [2.75, 3.05) is 27.2 Å². The van der Waals surface area contributed by atoms with Crippen molar-refractivity contribution >= 4 is 16.9 Å². The Kier molecular flexibility index (Phi) is 5.56. The van der Waals surface area contributed by atoms with E-state index in [1.807, 2.05) is 30.3 Å². The quantitative estimate of drug-likeness (QED) is 0.638. The van der Waals surface area contributed by atoms with Gasteiger partial charge in [-0.3, -0.25) is 9.69 Å². The van der Waals surface area contributed by atoms with Gasteiger partial charge < -0.3 is 19.0 Å². The molecule has 3 aromatic rings. The van der Waals surface area contributed by atoms with Crippen molar-refractivity contribution in [2.24, 2.45) is 5.41 Å². The van der Waals surface area contributed by atoms with Crippen molar-refractivity contribution < 1.29 is 18.5 Å². The molecule has 7 heteroatoms. The van der Waals surface area contributed by atoms with Crippen molar-refractivity contribution in [3.8, 4) is 5.75 Å². The molecule has 4 rings (SSSR count). The van der Waals surface area contributed by atoms with Gasteiger partial charge in [0.15, 0.2) is 11.3 Å². The first-order chi connectivity index (χ1) is 14.4. The summed E-state index contributed by atoms with van der Waals surface area (Å²) in [6.07, 6.45) is 1.30. The molecule has 1 aliphatic rings. The molecule has 1 aliphatic heterocycles. The molecule has 1 N–H and O–H groups in total. The first-order valence-corrected chi connectivity index (χ1v) is 10.4. The predicted molar refractivity (Wildman–Crippen MR) is 113 cm³/mol. The number of hydrogen-bond donors (Lipinski definition) is 1. The molecule has 1 fully saturated rings. The molecule has 2 aromatic heterocycles. The van der Waals surface area contributed by atoms with Crippen LogP contribution in [0.1, 0.15) is 43.4 Å². The summed E-state index contributed by atoms with van der Waals surface area (Å²) in [4.78, 5) is 15.1. The highest BCUT2D eigenvalue weighted by Gasteiger charge is 2.45. The van der Waals surface area contributed by atoms with Gasteiger partial charge in [-0.2, -0.15) is 0 Å². The van der Waals surface area contributed by atoms with E-state index in [0.717, 1.165) is 46.9 Å². The smallest absolute Gasteiger partial charge is 0.227 e. The molecule has 1 amide bonds. The van der Waals surface area contributed by atoms with E-state index in [4.69, 9.17) is 13.7 Å². The first kappa shape index (κ1) is 20.5. The number of carbonyl (C=O) groups is 1. The number of para-hydroxylation sites is 1. The summed E-state index contributed by atoms with van der Waals surface area (Å²) in [6.45, 7) is 6.25. The second kappa shape index (κ2) is 8.14. The molecular weight excluding hydrogens is 382 g/mol. The number of likely N-dealkylation sites (tertiary alicyclic amines) is 1. The maximum atomic E-state index is 12.9. The minimum absolute atomic E-state index is 0.0405. The van der Waals surface area contributed by atoms with Gasteiger partial charge in [0, 0.05) is 31.5 Å². The second-order valence-electron chi connectivity index (χ2n) is 8.46. The molecule has 0 unspecified atom stereocenters. The van der Waals surface area contributed by atoms with Crippen LogP contribution in [0.3, 0.4) is 0 Å². The fourth-order valence-corrected chi connectivity index (χ4v) is 4.33. The third-order valence-corrected chi connectivity index (χ3v) is 5.98. The van der Waals surface area contributed by atoms with E-state index in [9.17, 15) is 4.79 Å². The van der Waals surface area contributed by atoms with Crippen LogP contribution in [0.25, 0.3) is 11.0 Å². The molecule has 1 saturated heterocycles. The lowest BCUT2D eigenvalue weighted by Crippen LogP contribution is -2.43. The average Bonchev–Trinajstić information content (AvgIpc) is 3.46. The van der Waals surface area contributed by atoms with Gasteiger partial charge in [-0.05, 0) is 31.0 Å². The monoisotopic (exact) mass is 411 g/mol. The molecule has 0 spiro atoms. The average molecular weight is 412 g/mol. The summed E-state index contributed by atoms with van der Waals surface area (Å²) >= 11 is 0. The zero-order valence-electron chi connectivity index (χ0n) is 18.0. The second-order valence-corrected chi connectivity index (χ2v) is 8.46. The number of rotatable bonds is 7. The molecule has 7 nitrogen and oxygen atoms in total. The van der Waals surface area contributed by atoms with Gasteiger partial charge in [0.05, 0.1) is 24.8 Å². The summed E-state index contributed by atoms with van der Waals surface area (Å²) in [5.74, 6) is 2.69. The van der Waals surface area contributed by atoms with Crippen LogP contribution >= 0.6 is 0 Å². The van der Waals surface area contributed by atoms with E-state index < -0.39 is 5.41 Å². The Bertz CT molecular complexity index is 1040. The summed E-state index contributed by atoms with van der Waals surface area (Å²) in [7, 11) is 3.33. The summed E-state index contributed by atoms with van der Waals surface area (Å²) in [5, 5.41) is 8.02. The Morgan fingerprint density at radius 3 is 2.87 bits per heavy atom. The normalized spacial score (nSPS) is 19.6. The van der Waals surface area contributed by atoms with Crippen molar-refractivity contribution in [2.45, 2.75) is 39.2 Å². The zero-order valence-corrected chi connectivity index (χ0v) is 18.0. The number of amides is 1. The lowest BCUT2D eigenvalue weighted by Gasteiger charge is -2.26. The number of ether oxygens (including phenoxy) is 1. The van der Waals surface area contributed by atoms with Gasteiger partial charge in [0.1, 0.15) is 11.5 Å². The van der Waals surface area contributed by atoms with Gasteiger partial charge in [-0.1, -0.05) is 31.1 Å². The third-order valence-electron chi connectivity index (χ3n) is 5.98. The van der Waals surface area contributed by atoms with Crippen LogP contribution in [0, 0.1) is 5.41 Å². The Balaban J connectivity index is 1.52. The molecule has 0 bridgehead atoms. The highest BCUT2D eigenvalue weighted by atomic mass is 16.5. The number of carbonyl (C=O) groups excluding carboxylic acids is 1. The Morgan fingerprint density at radius 2 is 2.17 bits per heavy atom. The number of hydrogen-bond acceptors (Lipinski definition) is 6. The Morgan fingerprint density at radius 1 is 1.33 bits per heavy atom.